The number of anilines is 1. The number of benzene rings is 7. The second-order valence-electron chi connectivity index (χ2n) is 13.1. The van der Waals surface area contributed by atoms with Crippen LogP contribution in [0.2, 0.25) is 0 Å². The maximum absolute atomic E-state index is 4.17. The van der Waals surface area contributed by atoms with Crippen molar-refractivity contribution in [2.45, 2.75) is 0 Å². The summed E-state index contributed by atoms with van der Waals surface area (Å²) < 4.78 is 4.99. The van der Waals surface area contributed by atoms with Crippen LogP contribution in [-0.4, -0.2) is 24.6 Å². The average molecular weight is 792 g/mol. The molecular weight excluding hydrogens is 761 g/mol. The van der Waals surface area contributed by atoms with Crippen LogP contribution in [0.4, 0.5) is 5.69 Å². The SMILES string of the molecule is CN1C=CN(c2[c-]c([Si](c3[c-]c4c(cc3)c3ccc5sc6ccccc6c5c3n4-c3[c-]cccc3)(c3ccccc3)c3ccccc3)ccc2)[CH-]1.[Pd]. The Labute approximate surface area is 322 Å². The number of hydrogen-bond acceptors (Lipinski definition) is 3. The van der Waals surface area contributed by atoms with Gasteiger partial charge in [0.1, 0.15) is 8.07 Å². The molecule has 10 rings (SSSR count). The molecule has 0 fully saturated rings. The van der Waals surface area contributed by atoms with Crippen LogP contribution < -0.4 is 25.6 Å². The molecule has 7 aromatic carbocycles. The Hall–Kier alpha value is -5.22. The second-order valence-corrected chi connectivity index (χ2v) is 17.9. The molecule has 0 unspecified atom stereocenters. The van der Waals surface area contributed by atoms with Gasteiger partial charge in [0.05, 0.1) is 0 Å². The zero-order valence-corrected chi connectivity index (χ0v) is 31.6. The van der Waals surface area contributed by atoms with Crippen molar-refractivity contribution in [1.82, 2.24) is 9.47 Å². The molecule has 0 radical (unpaired) electrons. The van der Waals surface area contributed by atoms with Crippen LogP contribution in [0.3, 0.4) is 0 Å². The zero-order chi connectivity index (χ0) is 33.9. The first-order valence-electron chi connectivity index (χ1n) is 17.2. The van der Waals surface area contributed by atoms with E-state index in [9.17, 15) is 0 Å². The third-order valence-electron chi connectivity index (χ3n) is 10.2. The van der Waals surface area contributed by atoms with Gasteiger partial charge in [0, 0.05) is 46.1 Å². The molecule has 0 bridgehead atoms. The molecule has 2 aromatic heterocycles. The topological polar surface area (TPSA) is 11.4 Å². The zero-order valence-electron chi connectivity index (χ0n) is 28.2. The van der Waals surface area contributed by atoms with Crippen molar-refractivity contribution < 1.29 is 20.4 Å². The average Bonchev–Trinajstić information content (AvgIpc) is 3.89. The van der Waals surface area contributed by atoms with Gasteiger partial charge in [-0.05, 0) is 47.3 Å². The third-order valence-corrected chi connectivity index (χ3v) is 15.9. The molecule has 0 saturated carbocycles. The van der Waals surface area contributed by atoms with Crippen LogP contribution in [-0.2, 0) is 20.4 Å². The molecule has 0 aliphatic carbocycles. The third kappa shape index (κ3) is 5.02. The van der Waals surface area contributed by atoms with Gasteiger partial charge in [0.15, 0.2) is 0 Å². The van der Waals surface area contributed by atoms with Gasteiger partial charge in [-0.3, -0.25) is 0 Å². The van der Waals surface area contributed by atoms with Crippen LogP contribution in [0.1, 0.15) is 0 Å². The monoisotopic (exact) mass is 791 g/mol. The second kappa shape index (κ2) is 13.1. The summed E-state index contributed by atoms with van der Waals surface area (Å²) >= 11 is 1.86. The molecule has 6 heteroatoms. The van der Waals surface area contributed by atoms with Gasteiger partial charge in [-0.25, -0.2) is 0 Å². The first kappa shape index (κ1) is 32.7. The summed E-state index contributed by atoms with van der Waals surface area (Å²) in [6, 6.07) is 66.8. The molecule has 254 valence electrons. The van der Waals surface area contributed by atoms with Crippen LogP contribution >= 0.6 is 11.3 Å². The van der Waals surface area contributed by atoms with E-state index in [1.165, 1.54) is 57.2 Å². The molecule has 0 atom stereocenters. The van der Waals surface area contributed by atoms with Crippen molar-refractivity contribution in [1.29, 1.82) is 0 Å². The summed E-state index contributed by atoms with van der Waals surface area (Å²) in [5.41, 5.74) is 4.29. The van der Waals surface area contributed by atoms with Gasteiger partial charge in [0.2, 0.25) is 0 Å². The van der Waals surface area contributed by atoms with Crippen molar-refractivity contribution in [3.05, 3.63) is 189 Å². The smallest absolute Gasteiger partial charge is 0.131 e. The van der Waals surface area contributed by atoms with Crippen LogP contribution in [0, 0.1) is 24.9 Å². The Morgan fingerprint density at radius 3 is 2.00 bits per heavy atom. The molecular formula is C46H31N3PdSSi-4. The number of hydrogen-bond donors (Lipinski definition) is 0. The maximum atomic E-state index is 4.17. The molecule has 0 amide bonds. The Kier molecular flexibility index (Phi) is 8.22. The van der Waals surface area contributed by atoms with E-state index in [1.807, 2.05) is 30.5 Å². The quantitative estimate of drug-likeness (QED) is 0.0956. The summed E-state index contributed by atoms with van der Waals surface area (Å²) in [4.78, 5) is 4.21. The molecule has 0 spiro atoms. The summed E-state index contributed by atoms with van der Waals surface area (Å²) in [6.45, 7) is 2.09. The first-order valence-corrected chi connectivity index (χ1v) is 20.0. The van der Waals surface area contributed by atoms with Gasteiger partial charge in [-0.15, -0.1) is 28.5 Å². The van der Waals surface area contributed by atoms with E-state index in [2.05, 4.69) is 191 Å². The van der Waals surface area contributed by atoms with E-state index in [-0.39, 0.29) is 20.4 Å². The van der Waals surface area contributed by atoms with Crippen LogP contribution in [0.5, 0.6) is 0 Å². The largest absolute Gasteiger partial charge is 0.510 e. The Bertz CT molecular complexity index is 2720. The van der Waals surface area contributed by atoms with Crippen LogP contribution in [0.25, 0.3) is 47.7 Å². The molecule has 52 heavy (non-hydrogen) atoms. The van der Waals surface area contributed by atoms with Crippen molar-refractivity contribution >= 4 is 87.8 Å². The van der Waals surface area contributed by atoms with E-state index >= 15 is 0 Å². The molecule has 9 aromatic rings. The molecule has 0 N–H and O–H groups in total. The number of fused-ring (bicyclic) bond motifs is 7. The summed E-state index contributed by atoms with van der Waals surface area (Å²) in [6.07, 6.45) is 4.15. The number of thiophene rings is 1. The molecule has 0 saturated heterocycles. The van der Waals surface area contributed by atoms with E-state index in [1.54, 1.807) is 0 Å². The van der Waals surface area contributed by atoms with Gasteiger partial charge in [-0.2, -0.15) is 83.8 Å². The number of nitrogens with zero attached hydrogens (tertiary/aromatic N) is 3. The minimum absolute atomic E-state index is 0. The van der Waals surface area contributed by atoms with Crippen molar-refractivity contribution in [2.24, 2.45) is 0 Å². The van der Waals surface area contributed by atoms with Gasteiger partial charge >= 0.3 is 0 Å². The fraction of sp³-hybridized carbons (Fsp3) is 0.0217. The minimum Gasteiger partial charge on any atom is -0.510 e. The van der Waals surface area contributed by atoms with E-state index in [0.29, 0.717) is 0 Å². The van der Waals surface area contributed by atoms with E-state index in [0.717, 1.165) is 16.9 Å². The van der Waals surface area contributed by atoms with Gasteiger partial charge < -0.3 is 14.4 Å². The standard InChI is InChI=1S/C46H31N3SSi.Pd/c1-47-28-29-48(32-47)34-16-13-21-37(30-34)51(35-17-7-3-8-18-35,36-19-9-4-10-20-36)38-24-25-39-40-26-27-44-45(41-22-11-12-23-43(41)50-44)46(40)49(42(39)31-38)33-14-5-2-6-15-33;/h2-14,16-29,32H,1H3;/q-4;. The van der Waals surface area contributed by atoms with Crippen LogP contribution in [0.15, 0.2) is 164 Å². The molecule has 3 heterocycles. The normalized spacial score (nSPS) is 13.1. The fourth-order valence-electron chi connectivity index (χ4n) is 7.95. The Balaban J connectivity index is 0.00000360. The predicted molar refractivity (Wildman–Crippen MR) is 217 cm³/mol. The first-order chi connectivity index (χ1) is 25.2. The van der Waals surface area contributed by atoms with Crippen molar-refractivity contribution in [3.63, 3.8) is 0 Å². The summed E-state index contributed by atoms with van der Waals surface area (Å²) in [5, 5.41) is 9.93. The van der Waals surface area contributed by atoms with Gasteiger partial charge in [0.25, 0.3) is 0 Å². The Morgan fingerprint density at radius 1 is 0.577 bits per heavy atom. The number of rotatable bonds is 6. The molecule has 1 aliphatic heterocycles. The maximum Gasteiger partial charge on any atom is 0.131 e. The summed E-state index contributed by atoms with van der Waals surface area (Å²) in [5.74, 6) is 0. The van der Waals surface area contributed by atoms with Crippen molar-refractivity contribution in [3.8, 4) is 5.69 Å². The predicted octanol–water partition coefficient (Wildman–Crippen LogP) is 8.27. The van der Waals surface area contributed by atoms with Crippen molar-refractivity contribution in [2.75, 3.05) is 11.9 Å². The fourth-order valence-corrected chi connectivity index (χ4v) is 13.6. The molecule has 1 aliphatic rings. The number of para-hydroxylation sites is 1. The van der Waals surface area contributed by atoms with E-state index in [4.69, 9.17) is 0 Å². The Morgan fingerprint density at radius 2 is 1.27 bits per heavy atom. The summed E-state index contributed by atoms with van der Waals surface area (Å²) in [7, 11) is -0.935. The molecule has 3 nitrogen and oxygen atoms in total. The van der Waals surface area contributed by atoms with E-state index < -0.39 is 8.07 Å². The minimum atomic E-state index is -2.98. The number of aromatic nitrogens is 1. The van der Waals surface area contributed by atoms with Gasteiger partial charge in [-0.1, -0.05) is 96.1 Å².